The third-order valence-corrected chi connectivity index (χ3v) is 6.63. The number of carbonyl (C=O) groups excluding carboxylic acids is 1. The second kappa shape index (κ2) is 7.19. The summed E-state index contributed by atoms with van der Waals surface area (Å²) in [6.45, 7) is 1.72. The van der Waals surface area contributed by atoms with Crippen LogP contribution >= 0.6 is 23.7 Å². The molecule has 1 amide bonds. The van der Waals surface area contributed by atoms with E-state index in [0.717, 1.165) is 24.1 Å². The minimum absolute atomic E-state index is 0. The summed E-state index contributed by atoms with van der Waals surface area (Å²) in [6, 6.07) is 5.17. The molecule has 0 bridgehead atoms. The van der Waals surface area contributed by atoms with Crippen LogP contribution < -0.4 is 5.73 Å². The normalized spacial score (nSPS) is 25.2. The van der Waals surface area contributed by atoms with Crippen molar-refractivity contribution in [1.82, 2.24) is 4.90 Å². The number of hydrogen-bond donors (Lipinski definition) is 1. The molecule has 2 aliphatic rings. The molecule has 2 heterocycles. The monoisotopic (exact) mass is 384 g/mol. The number of amides is 1. The number of benzene rings is 1. The predicted octanol–water partition coefficient (Wildman–Crippen LogP) is 3.42. The molecule has 1 saturated carbocycles. The summed E-state index contributed by atoms with van der Waals surface area (Å²) in [6.07, 6.45) is 2.15. The summed E-state index contributed by atoms with van der Waals surface area (Å²) in [5, 5.41) is 0.517. The molecule has 3 unspecified atom stereocenters. The first-order chi connectivity index (χ1) is 11.6. The lowest BCUT2D eigenvalue weighted by Gasteiger charge is -2.18. The summed E-state index contributed by atoms with van der Waals surface area (Å²) in [7, 11) is 1.57. The van der Waals surface area contributed by atoms with E-state index in [1.807, 2.05) is 11.0 Å². The highest BCUT2D eigenvalue weighted by molar-refractivity contribution is 7.21. The number of carbonyl (C=O) groups is 1. The molecule has 2 N–H and O–H groups in total. The van der Waals surface area contributed by atoms with Gasteiger partial charge in [-0.3, -0.25) is 4.79 Å². The largest absolute Gasteiger partial charge is 0.380 e. The Bertz CT molecular complexity index is 797. The maximum atomic E-state index is 14.3. The highest BCUT2D eigenvalue weighted by Crippen LogP contribution is 2.40. The van der Waals surface area contributed by atoms with Crippen molar-refractivity contribution in [3.8, 4) is 0 Å². The van der Waals surface area contributed by atoms with Crippen LogP contribution in [0.1, 0.15) is 28.1 Å². The van der Waals surface area contributed by atoms with Crippen LogP contribution in [0, 0.1) is 17.7 Å². The van der Waals surface area contributed by atoms with Crippen LogP contribution in [0.3, 0.4) is 0 Å². The van der Waals surface area contributed by atoms with Gasteiger partial charge < -0.3 is 15.4 Å². The number of likely N-dealkylation sites (tertiary alicyclic amines) is 1. The van der Waals surface area contributed by atoms with Crippen LogP contribution in [0.25, 0.3) is 10.1 Å². The van der Waals surface area contributed by atoms with Crippen molar-refractivity contribution in [2.24, 2.45) is 17.6 Å². The number of rotatable bonds is 3. The first-order valence-electron chi connectivity index (χ1n) is 8.33. The molecule has 25 heavy (non-hydrogen) atoms. The quantitative estimate of drug-likeness (QED) is 0.882. The van der Waals surface area contributed by atoms with Gasteiger partial charge in [-0.15, -0.1) is 23.7 Å². The Labute approximate surface area is 156 Å². The Kier molecular flexibility index (Phi) is 5.34. The molecule has 2 fully saturated rings. The van der Waals surface area contributed by atoms with Crippen LogP contribution in [0.15, 0.2) is 18.2 Å². The van der Waals surface area contributed by atoms with E-state index in [1.165, 1.54) is 17.4 Å². The maximum absolute atomic E-state index is 14.3. The Hall–Kier alpha value is -1.21. The van der Waals surface area contributed by atoms with Gasteiger partial charge in [0.15, 0.2) is 0 Å². The van der Waals surface area contributed by atoms with Crippen LogP contribution in [-0.4, -0.2) is 37.0 Å². The number of nitrogens with two attached hydrogens (primary N) is 1. The van der Waals surface area contributed by atoms with Crippen molar-refractivity contribution in [1.29, 1.82) is 0 Å². The predicted molar refractivity (Wildman–Crippen MR) is 99.8 cm³/mol. The van der Waals surface area contributed by atoms with E-state index in [1.54, 1.807) is 13.2 Å². The lowest BCUT2D eigenvalue weighted by atomic mass is 9.98. The number of fused-ring (bicyclic) bond motifs is 2. The van der Waals surface area contributed by atoms with Crippen molar-refractivity contribution >= 4 is 39.7 Å². The Balaban J connectivity index is 0.00000182. The van der Waals surface area contributed by atoms with Crippen molar-refractivity contribution in [3.05, 3.63) is 34.5 Å². The first kappa shape index (κ1) is 18.6. The second-order valence-electron chi connectivity index (χ2n) is 6.83. The summed E-state index contributed by atoms with van der Waals surface area (Å²) in [5.74, 6) is 0.617. The van der Waals surface area contributed by atoms with E-state index in [4.69, 9.17) is 10.5 Å². The zero-order chi connectivity index (χ0) is 16.8. The van der Waals surface area contributed by atoms with Crippen molar-refractivity contribution in [3.63, 3.8) is 0 Å². The fourth-order valence-electron chi connectivity index (χ4n) is 4.24. The van der Waals surface area contributed by atoms with E-state index in [-0.39, 0.29) is 36.8 Å². The van der Waals surface area contributed by atoms with Crippen LogP contribution in [0.4, 0.5) is 4.39 Å². The van der Waals surface area contributed by atoms with E-state index in [9.17, 15) is 9.18 Å². The maximum Gasteiger partial charge on any atom is 0.264 e. The summed E-state index contributed by atoms with van der Waals surface area (Å²) >= 11 is 1.36. The van der Waals surface area contributed by atoms with Gasteiger partial charge in [-0.05, 0) is 36.8 Å². The topological polar surface area (TPSA) is 55.6 Å². The number of methoxy groups -OCH3 is 1. The highest BCUT2D eigenvalue weighted by Gasteiger charge is 2.43. The van der Waals surface area contributed by atoms with Crippen LogP contribution in [0.5, 0.6) is 0 Å². The Morgan fingerprint density at radius 2 is 2.20 bits per heavy atom. The molecule has 1 saturated heterocycles. The number of nitrogens with zero attached hydrogens (tertiary/aromatic N) is 1. The van der Waals surface area contributed by atoms with Crippen LogP contribution in [0.2, 0.25) is 0 Å². The molecule has 4 nitrogen and oxygen atoms in total. The summed E-state index contributed by atoms with van der Waals surface area (Å²) < 4.78 is 20.3. The van der Waals surface area contributed by atoms with Gasteiger partial charge in [-0.25, -0.2) is 4.39 Å². The zero-order valence-corrected chi connectivity index (χ0v) is 15.7. The molecule has 0 radical (unpaired) electrons. The number of halogens is 2. The molecule has 3 atom stereocenters. The summed E-state index contributed by atoms with van der Waals surface area (Å²) in [5.41, 5.74) is 6.84. The van der Waals surface area contributed by atoms with Gasteiger partial charge in [-0.2, -0.15) is 0 Å². The van der Waals surface area contributed by atoms with Gasteiger partial charge in [0.25, 0.3) is 5.91 Å². The van der Waals surface area contributed by atoms with E-state index >= 15 is 0 Å². The Morgan fingerprint density at radius 1 is 1.40 bits per heavy atom. The Morgan fingerprint density at radius 3 is 2.92 bits per heavy atom. The van der Waals surface area contributed by atoms with Gasteiger partial charge in [-0.1, -0.05) is 6.07 Å². The molecule has 1 aliphatic heterocycles. The SMILES string of the molecule is COCc1c(C(=O)N2CC3CCC(N)C3C2)sc2cccc(F)c12.Cl. The molecule has 2 aromatic rings. The van der Waals surface area contributed by atoms with E-state index < -0.39 is 0 Å². The average Bonchev–Trinajstić information content (AvgIpc) is 3.23. The van der Waals surface area contributed by atoms with Crippen molar-refractivity contribution in [2.75, 3.05) is 20.2 Å². The fraction of sp³-hybridized carbons (Fsp3) is 0.500. The van der Waals surface area contributed by atoms with Crippen molar-refractivity contribution in [2.45, 2.75) is 25.5 Å². The lowest BCUT2D eigenvalue weighted by Crippen LogP contribution is -2.33. The molecule has 1 aromatic carbocycles. The molecule has 1 aromatic heterocycles. The number of thiophene rings is 1. The first-order valence-corrected chi connectivity index (χ1v) is 9.15. The smallest absolute Gasteiger partial charge is 0.264 e. The third kappa shape index (κ3) is 3.05. The number of ether oxygens (including phenoxy) is 1. The standard InChI is InChI=1S/C18H21FN2O2S.ClH/c1-23-9-12-16-13(19)3-2-4-15(16)24-17(12)18(22)21-7-10-5-6-14(20)11(10)8-21;/h2-4,10-11,14H,5-9,20H2,1H3;1H. The number of hydrogen-bond acceptors (Lipinski definition) is 4. The fourth-order valence-corrected chi connectivity index (χ4v) is 5.43. The molecular formula is C18H22ClFN2O2S. The minimum atomic E-state index is -0.296. The summed E-state index contributed by atoms with van der Waals surface area (Å²) in [4.78, 5) is 15.6. The molecule has 136 valence electrons. The molecule has 0 spiro atoms. The average molecular weight is 385 g/mol. The van der Waals surface area contributed by atoms with Gasteiger partial charge >= 0.3 is 0 Å². The van der Waals surface area contributed by atoms with Crippen LogP contribution in [-0.2, 0) is 11.3 Å². The second-order valence-corrected chi connectivity index (χ2v) is 7.88. The molecule has 7 heteroatoms. The van der Waals surface area contributed by atoms with Gasteiger partial charge in [0.1, 0.15) is 5.82 Å². The zero-order valence-electron chi connectivity index (χ0n) is 14.0. The highest BCUT2D eigenvalue weighted by atomic mass is 35.5. The lowest BCUT2D eigenvalue weighted by molar-refractivity contribution is 0.0780. The third-order valence-electron chi connectivity index (χ3n) is 5.45. The van der Waals surface area contributed by atoms with Gasteiger partial charge in [0.05, 0.1) is 11.5 Å². The van der Waals surface area contributed by atoms with E-state index in [0.29, 0.717) is 34.2 Å². The molecule has 4 rings (SSSR count). The van der Waals surface area contributed by atoms with Gasteiger partial charge in [0.2, 0.25) is 0 Å². The van der Waals surface area contributed by atoms with Gasteiger partial charge in [0, 0.05) is 41.9 Å². The van der Waals surface area contributed by atoms with E-state index in [2.05, 4.69) is 0 Å². The molecular weight excluding hydrogens is 363 g/mol. The minimum Gasteiger partial charge on any atom is -0.380 e. The molecule has 1 aliphatic carbocycles. The van der Waals surface area contributed by atoms with Crippen molar-refractivity contribution < 1.29 is 13.9 Å².